The van der Waals surface area contributed by atoms with E-state index >= 15 is 0 Å². The number of hydrogen-bond acceptors (Lipinski definition) is 4. The van der Waals surface area contributed by atoms with Crippen LogP contribution in [0.3, 0.4) is 0 Å². The van der Waals surface area contributed by atoms with Crippen molar-refractivity contribution in [3.8, 4) is 11.5 Å². The molecule has 0 aliphatic rings. The highest BCUT2D eigenvalue weighted by Gasteiger charge is 2.21. The summed E-state index contributed by atoms with van der Waals surface area (Å²) in [6, 6.07) is 6.38. The van der Waals surface area contributed by atoms with E-state index in [4.69, 9.17) is 10.2 Å². The molecule has 20 heavy (non-hydrogen) atoms. The topological polar surface area (TPSA) is 115 Å². The summed E-state index contributed by atoms with van der Waals surface area (Å²) in [6.45, 7) is 0. The van der Waals surface area contributed by atoms with Gasteiger partial charge in [0.25, 0.3) is 0 Å². The smallest absolute Gasteiger partial charge is 0.307 e. The van der Waals surface area contributed by atoms with Gasteiger partial charge in [0.05, 0.1) is 12.8 Å². The number of phenolic OH excluding ortho intramolecular Hbond substituents is 2. The van der Waals surface area contributed by atoms with Crippen LogP contribution in [0, 0.1) is 0 Å². The number of aromatic hydroxyl groups is 2. The second kappa shape index (κ2) is 5.08. The van der Waals surface area contributed by atoms with Gasteiger partial charge in [0, 0.05) is 10.9 Å². The van der Waals surface area contributed by atoms with E-state index in [-0.39, 0.29) is 16.5 Å². The normalized spacial score (nSPS) is 10.6. The SMILES string of the molecule is O=C(O)Cc1c(O)c(O)c2ccccc2c1CC(=O)O. The van der Waals surface area contributed by atoms with Gasteiger partial charge in [0.15, 0.2) is 11.5 Å². The lowest BCUT2D eigenvalue weighted by atomic mass is 9.93. The van der Waals surface area contributed by atoms with Crippen LogP contribution in [-0.2, 0) is 22.4 Å². The molecule has 2 rings (SSSR count). The minimum atomic E-state index is -1.22. The van der Waals surface area contributed by atoms with Crippen molar-refractivity contribution in [1.29, 1.82) is 0 Å². The van der Waals surface area contributed by atoms with Crippen molar-refractivity contribution in [2.75, 3.05) is 0 Å². The second-order valence-electron chi connectivity index (χ2n) is 4.34. The lowest BCUT2D eigenvalue weighted by Crippen LogP contribution is -2.09. The molecule has 0 aliphatic carbocycles. The third-order valence-corrected chi connectivity index (χ3v) is 3.04. The highest BCUT2D eigenvalue weighted by atomic mass is 16.4. The summed E-state index contributed by atoms with van der Waals surface area (Å²) in [7, 11) is 0. The van der Waals surface area contributed by atoms with Gasteiger partial charge in [-0.25, -0.2) is 0 Å². The minimum Gasteiger partial charge on any atom is -0.504 e. The molecule has 104 valence electrons. The molecule has 0 heterocycles. The lowest BCUT2D eigenvalue weighted by molar-refractivity contribution is -0.137. The molecule has 0 saturated carbocycles. The van der Waals surface area contributed by atoms with Crippen LogP contribution in [0.25, 0.3) is 10.8 Å². The van der Waals surface area contributed by atoms with Crippen molar-refractivity contribution < 1.29 is 30.0 Å². The average molecular weight is 276 g/mol. The minimum absolute atomic E-state index is 0.0731. The summed E-state index contributed by atoms with van der Waals surface area (Å²) >= 11 is 0. The zero-order valence-electron chi connectivity index (χ0n) is 10.3. The Bertz CT molecular complexity index is 704. The van der Waals surface area contributed by atoms with Gasteiger partial charge < -0.3 is 20.4 Å². The number of fused-ring (bicyclic) bond motifs is 1. The predicted molar refractivity (Wildman–Crippen MR) is 70.0 cm³/mol. The van der Waals surface area contributed by atoms with Gasteiger partial charge >= 0.3 is 11.9 Å². The maximum atomic E-state index is 11.0. The summed E-state index contributed by atoms with van der Waals surface area (Å²) in [5, 5.41) is 38.4. The molecule has 2 aromatic rings. The fraction of sp³-hybridized carbons (Fsp3) is 0.143. The van der Waals surface area contributed by atoms with Crippen molar-refractivity contribution >= 4 is 22.7 Å². The molecule has 0 amide bonds. The van der Waals surface area contributed by atoms with Gasteiger partial charge in [-0.3, -0.25) is 9.59 Å². The summed E-state index contributed by atoms with van der Waals surface area (Å²) in [5.41, 5.74) is 0.127. The first-order chi connectivity index (χ1) is 9.41. The van der Waals surface area contributed by atoms with Crippen LogP contribution in [0.15, 0.2) is 24.3 Å². The van der Waals surface area contributed by atoms with Crippen molar-refractivity contribution in [2.24, 2.45) is 0 Å². The van der Waals surface area contributed by atoms with Crippen molar-refractivity contribution in [3.63, 3.8) is 0 Å². The number of carboxylic acids is 2. The van der Waals surface area contributed by atoms with Crippen LogP contribution in [-0.4, -0.2) is 32.4 Å². The van der Waals surface area contributed by atoms with E-state index < -0.39 is 36.3 Å². The Balaban J connectivity index is 2.83. The van der Waals surface area contributed by atoms with Crippen LogP contribution < -0.4 is 0 Å². The maximum absolute atomic E-state index is 11.0. The molecule has 0 unspecified atom stereocenters. The Labute approximate surface area is 113 Å². The summed E-state index contributed by atoms with van der Waals surface area (Å²) < 4.78 is 0. The number of hydrogen-bond donors (Lipinski definition) is 4. The van der Waals surface area contributed by atoms with E-state index in [0.29, 0.717) is 5.39 Å². The first-order valence-electron chi connectivity index (χ1n) is 5.79. The second-order valence-corrected chi connectivity index (χ2v) is 4.34. The molecule has 0 radical (unpaired) electrons. The largest absolute Gasteiger partial charge is 0.504 e. The molecular formula is C14H12O6. The molecule has 0 aromatic heterocycles. The first kappa shape index (κ1) is 13.7. The third-order valence-electron chi connectivity index (χ3n) is 3.04. The third kappa shape index (κ3) is 2.35. The van der Waals surface area contributed by atoms with Crippen molar-refractivity contribution in [3.05, 3.63) is 35.4 Å². The van der Waals surface area contributed by atoms with E-state index in [1.54, 1.807) is 18.2 Å². The number of rotatable bonds is 4. The Kier molecular flexibility index (Phi) is 3.47. The standard InChI is InChI=1S/C14H12O6/c15-11(16)5-9-7-3-1-2-4-8(7)13(19)14(20)10(9)6-12(17)18/h1-4,19-20H,5-6H2,(H,15,16)(H,17,18). The molecule has 4 N–H and O–H groups in total. The Hall–Kier alpha value is -2.76. The van der Waals surface area contributed by atoms with E-state index in [1.807, 2.05) is 0 Å². The highest BCUT2D eigenvalue weighted by Crippen LogP contribution is 2.40. The van der Waals surface area contributed by atoms with Gasteiger partial charge in [0.1, 0.15) is 0 Å². The van der Waals surface area contributed by atoms with Gasteiger partial charge in [-0.15, -0.1) is 0 Å². The molecule has 0 bridgehead atoms. The van der Waals surface area contributed by atoms with Gasteiger partial charge in [-0.2, -0.15) is 0 Å². The van der Waals surface area contributed by atoms with E-state index in [2.05, 4.69) is 0 Å². The Morgan fingerprint density at radius 1 is 0.800 bits per heavy atom. The first-order valence-corrected chi connectivity index (χ1v) is 5.79. The molecule has 0 saturated heterocycles. The molecule has 0 aliphatic heterocycles. The Morgan fingerprint density at radius 3 is 1.85 bits per heavy atom. The number of carbonyl (C=O) groups is 2. The Morgan fingerprint density at radius 2 is 1.30 bits per heavy atom. The molecule has 2 aromatic carbocycles. The zero-order valence-corrected chi connectivity index (χ0v) is 10.3. The van der Waals surface area contributed by atoms with Gasteiger partial charge in [0.2, 0.25) is 0 Å². The fourth-order valence-corrected chi connectivity index (χ4v) is 2.22. The van der Waals surface area contributed by atoms with Crippen LogP contribution in [0.5, 0.6) is 11.5 Å². The van der Waals surface area contributed by atoms with Crippen molar-refractivity contribution in [2.45, 2.75) is 12.8 Å². The monoisotopic (exact) mass is 276 g/mol. The molecule has 6 nitrogen and oxygen atoms in total. The molecule has 0 atom stereocenters. The molecular weight excluding hydrogens is 264 g/mol. The van der Waals surface area contributed by atoms with E-state index in [1.165, 1.54) is 6.07 Å². The number of aliphatic carboxylic acids is 2. The summed E-state index contributed by atoms with van der Waals surface area (Å²) in [6.07, 6.45) is -0.996. The van der Waals surface area contributed by atoms with Crippen LogP contribution >= 0.6 is 0 Å². The maximum Gasteiger partial charge on any atom is 0.307 e. The highest BCUT2D eigenvalue weighted by molar-refractivity contribution is 5.97. The predicted octanol–water partition coefficient (Wildman–Crippen LogP) is 1.51. The number of carboxylic acid groups (broad SMARTS) is 2. The van der Waals surface area contributed by atoms with E-state index in [9.17, 15) is 19.8 Å². The average Bonchev–Trinajstić information content (AvgIpc) is 2.39. The summed E-state index contributed by atoms with van der Waals surface area (Å²) in [4.78, 5) is 21.8. The number of phenols is 2. The number of benzene rings is 2. The quantitative estimate of drug-likeness (QED) is 0.629. The van der Waals surface area contributed by atoms with Crippen LogP contribution in [0.4, 0.5) is 0 Å². The van der Waals surface area contributed by atoms with Gasteiger partial charge in [-0.1, -0.05) is 24.3 Å². The lowest BCUT2D eigenvalue weighted by Gasteiger charge is -2.14. The molecule has 6 heteroatoms. The van der Waals surface area contributed by atoms with Crippen LogP contribution in [0.2, 0.25) is 0 Å². The van der Waals surface area contributed by atoms with Crippen LogP contribution in [0.1, 0.15) is 11.1 Å². The zero-order chi connectivity index (χ0) is 14.9. The van der Waals surface area contributed by atoms with Crippen molar-refractivity contribution in [1.82, 2.24) is 0 Å². The summed E-state index contributed by atoms with van der Waals surface area (Å²) in [5.74, 6) is -3.39. The fourth-order valence-electron chi connectivity index (χ4n) is 2.22. The van der Waals surface area contributed by atoms with E-state index in [0.717, 1.165) is 0 Å². The van der Waals surface area contributed by atoms with Gasteiger partial charge in [-0.05, 0) is 10.9 Å². The molecule has 0 spiro atoms. The molecule has 0 fully saturated rings.